The summed E-state index contributed by atoms with van der Waals surface area (Å²) in [5.41, 5.74) is 3.90. The second-order valence-electron chi connectivity index (χ2n) is 4.71. The van der Waals surface area contributed by atoms with Gasteiger partial charge >= 0.3 is 0 Å². The number of carbonyl (C=O) groups excluding carboxylic acids is 1. The fourth-order valence-electron chi connectivity index (χ4n) is 2.03. The quantitative estimate of drug-likeness (QED) is 0.534. The van der Waals surface area contributed by atoms with E-state index >= 15 is 0 Å². The molecule has 0 atom stereocenters. The Morgan fingerprint density at radius 3 is 2.90 bits per heavy atom. The third-order valence-electron chi connectivity index (χ3n) is 3.03. The van der Waals surface area contributed by atoms with Gasteiger partial charge in [0.15, 0.2) is 0 Å². The summed E-state index contributed by atoms with van der Waals surface area (Å²) in [4.78, 5) is 16.5. The maximum absolute atomic E-state index is 12.2. The van der Waals surface area contributed by atoms with Gasteiger partial charge in [-0.05, 0) is 30.7 Å². The van der Waals surface area contributed by atoms with Crippen LogP contribution in [0.3, 0.4) is 0 Å². The number of amides is 1. The first kappa shape index (κ1) is 15.1. The number of nitrogens with zero attached hydrogens (tertiary/aromatic N) is 1. The Morgan fingerprint density at radius 1 is 1.38 bits per heavy atom. The van der Waals surface area contributed by atoms with Crippen molar-refractivity contribution in [3.8, 4) is 0 Å². The van der Waals surface area contributed by atoms with E-state index in [1.807, 2.05) is 12.1 Å². The number of pyridine rings is 1. The molecule has 0 aliphatic rings. The highest BCUT2D eigenvalue weighted by molar-refractivity contribution is 5.95. The van der Waals surface area contributed by atoms with Crippen LogP contribution < -0.4 is 16.6 Å². The van der Waals surface area contributed by atoms with Gasteiger partial charge in [0.25, 0.3) is 5.91 Å². The lowest BCUT2D eigenvalue weighted by atomic mass is 10.1. The van der Waals surface area contributed by atoms with Crippen LogP contribution in [0, 0.1) is 0 Å². The first-order valence-electron chi connectivity index (χ1n) is 7.01. The zero-order chi connectivity index (χ0) is 15.1. The number of nitrogens with two attached hydrogens (primary N) is 1. The molecular formula is C15H20N4O2. The van der Waals surface area contributed by atoms with E-state index in [4.69, 9.17) is 10.3 Å². The zero-order valence-electron chi connectivity index (χ0n) is 12.1. The molecule has 6 nitrogen and oxygen atoms in total. The van der Waals surface area contributed by atoms with Gasteiger partial charge in [-0.1, -0.05) is 13.3 Å². The van der Waals surface area contributed by atoms with Gasteiger partial charge in [-0.3, -0.25) is 4.79 Å². The molecule has 0 radical (unpaired) electrons. The summed E-state index contributed by atoms with van der Waals surface area (Å²) >= 11 is 0. The van der Waals surface area contributed by atoms with Crippen molar-refractivity contribution in [2.24, 2.45) is 5.84 Å². The molecule has 112 valence electrons. The Bertz CT molecular complexity index is 581. The van der Waals surface area contributed by atoms with Crippen molar-refractivity contribution in [3.63, 3.8) is 0 Å². The fraction of sp³-hybridized carbons (Fsp3) is 0.333. The average Bonchev–Trinajstić information content (AvgIpc) is 3.00. The van der Waals surface area contributed by atoms with E-state index in [9.17, 15) is 4.79 Å². The standard InChI is InChI=1S/C15H20N4O2/c1-2-4-12-9-11(10-14(18-12)19-16)15(20)17-7-6-13-5-3-8-21-13/h3,5,8-10H,2,4,6-7,16H2,1H3,(H,17,20)(H,18,19). The van der Waals surface area contributed by atoms with Gasteiger partial charge in [0.2, 0.25) is 0 Å². The molecule has 0 aromatic carbocycles. The lowest BCUT2D eigenvalue weighted by Crippen LogP contribution is -2.26. The van der Waals surface area contributed by atoms with Crippen LogP contribution in [0.5, 0.6) is 0 Å². The summed E-state index contributed by atoms with van der Waals surface area (Å²) in [6, 6.07) is 7.15. The SMILES string of the molecule is CCCc1cc(C(=O)NCCc2ccco2)cc(NN)n1. The van der Waals surface area contributed by atoms with E-state index in [1.165, 1.54) is 0 Å². The van der Waals surface area contributed by atoms with Crippen LogP contribution in [0.4, 0.5) is 5.82 Å². The Labute approximate surface area is 123 Å². The molecular weight excluding hydrogens is 268 g/mol. The number of hydrogen-bond acceptors (Lipinski definition) is 5. The van der Waals surface area contributed by atoms with Crippen LogP contribution in [0.25, 0.3) is 0 Å². The van der Waals surface area contributed by atoms with Crippen molar-refractivity contribution in [1.29, 1.82) is 0 Å². The minimum atomic E-state index is -0.141. The molecule has 1 amide bonds. The van der Waals surface area contributed by atoms with Gasteiger partial charge in [0.1, 0.15) is 11.6 Å². The highest BCUT2D eigenvalue weighted by atomic mass is 16.3. The molecule has 0 saturated heterocycles. The number of aromatic nitrogens is 1. The Balaban J connectivity index is 1.98. The number of aryl methyl sites for hydroxylation is 1. The van der Waals surface area contributed by atoms with Crippen molar-refractivity contribution in [3.05, 3.63) is 47.5 Å². The van der Waals surface area contributed by atoms with Crippen LogP contribution in [0.15, 0.2) is 34.9 Å². The number of hydrogen-bond donors (Lipinski definition) is 3. The molecule has 6 heteroatoms. The number of hydrazine groups is 1. The number of nitrogens with one attached hydrogen (secondary N) is 2. The van der Waals surface area contributed by atoms with Crippen molar-refractivity contribution < 1.29 is 9.21 Å². The fourth-order valence-corrected chi connectivity index (χ4v) is 2.03. The Morgan fingerprint density at radius 2 is 2.24 bits per heavy atom. The number of rotatable bonds is 7. The van der Waals surface area contributed by atoms with E-state index in [1.54, 1.807) is 18.4 Å². The second kappa shape index (κ2) is 7.44. The number of anilines is 1. The van der Waals surface area contributed by atoms with Gasteiger partial charge in [0, 0.05) is 24.2 Å². The van der Waals surface area contributed by atoms with E-state index in [0.717, 1.165) is 24.3 Å². The predicted molar refractivity (Wildman–Crippen MR) is 80.8 cm³/mol. The average molecular weight is 288 g/mol. The van der Waals surface area contributed by atoms with Gasteiger partial charge in [-0.25, -0.2) is 10.8 Å². The molecule has 0 unspecified atom stereocenters. The van der Waals surface area contributed by atoms with Gasteiger partial charge < -0.3 is 15.2 Å². The second-order valence-corrected chi connectivity index (χ2v) is 4.71. The van der Waals surface area contributed by atoms with Gasteiger partial charge in [-0.2, -0.15) is 0 Å². The maximum atomic E-state index is 12.2. The minimum Gasteiger partial charge on any atom is -0.469 e. The van der Waals surface area contributed by atoms with E-state index in [0.29, 0.717) is 24.3 Å². The third kappa shape index (κ3) is 4.32. The first-order chi connectivity index (χ1) is 10.2. The highest BCUT2D eigenvalue weighted by Gasteiger charge is 2.09. The molecule has 0 fully saturated rings. The summed E-state index contributed by atoms with van der Waals surface area (Å²) in [6.07, 6.45) is 4.05. The maximum Gasteiger partial charge on any atom is 0.251 e. The van der Waals surface area contributed by atoms with Crippen molar-refractivity contribution in [2.45, 2.75) is 26.2 Å². The summed E-state index contributed by atoms with van der Waals surface area (Å²) < 4.78 is 5.22. The highest BCUT2D eigenvalue weighted by Crippen LogP contribution is 2.11. The molecule has 2 heterocycles. The van der Waals surface area contributed by atoms with Crippen molar-refractivity contribution in [1.82, 2.24) is 10.3 Å². The van der Waals surface area contributed by atoms with Crippen LogP contribution in [-0.2, 0) is 12.8 Å². The Kier molecular flexibility index (Phi) is 5.34. The molecule has 4 N–H and O–H groups in total. The molecule has 0 bridgehead atoms. The summed E-state index contributed by atoms with van der Waals surface area (Å²) in [5, 5.41) is 2.86. The van der Waals surface area contributed by atoms with Crippen LogP contribution in [-0.4, -0.2) is 17.4 Å². The number of carbonyl (C=O) groups is 1. The topological polar surface area (TPSA) is 93.2 Å². The smallest absolute Gasteiger partial charge is 0.251 e. The third-order valence-corrected chi connectivity index (χ3v) is 3.03. The van der Waals surface area contributed by atoms with Crippen LogP contribution >= 0.6 is 0 Å². The lowest BCUT2D eigenvalue weighted by Gasteiger charge is -2.08. The number of furan rings is 1. The normalized spacial score (nSPS) is 10.4. The summed E-state index contributed by atoms with van der Waals surface area (Å²) in [7, 11) is 0. The molecule has 2 aromatic rings. The molecule has 0 aliphatic heterocycles. The summed E-state index contributed by atoms with van der Waals surface area (Å²) in [5.74, 6) is 6.60. The van der Waals surface area contributed by atoms with Gasteiger partial charge in [0.05, 0.1) is 6.26 Å². The monoisotopic (exact) mass is 288 g/mol. The van der Waals surface area contributed by atoms with Crippen LogP contribution in [0.2, 0.25) is 0 Å². The van der Waals surface area contributed by atoms with Crippen molar-refractivity contribution >= 4 is 11.7 Å². The molecule has 2 rings (SSSR count). The lowest BCUT2D eigenvalue weighted by molar-refractivity contribution is 0.0953. The van der Waals surface area contributed by atoms with Crippen molar-refractivity contribution in [2.75, 3.05) is 12.0 Å². The molecule has 0 saturated carbocycles. The molecule has 21 heavy (non-hydrogen) atoms. The first-order valence-corrected chi connectivity index (χ1v) is 7.01. The molecule has 0 spiro atoms. The van der Waals surface area contributed by atoms with E-state index in [2.05, 4.69) is 22.7 Å². The Hall–Kier alpha value is -2.34. The zero-order valence-corrected chi connectivity index (χ0v) is 12.1. The predicted octanol–water partition coefficient (Wildman–Crippen LogP) is 1.89. The van der Waals surface area contributed by atoms with E-state index < -0.39 is 0 Å². The molecule has 2 aromatic heterocycles. The minimum absolute atomic E-state index is 0.141. The van der Waals surface area contributed by atoms with Gasteiger partial charge in [-0.15, -0.1) is 0 Å². The number of nitrogen functional groups attached to an aromatic ring is 1. The van der Waals surface area contributed by atoms with Crippen LogP contribution in [0.1, 0.15) is 35.2 Å². The summed E-state index contributed by atoms with van der Waals surface area (Å²) in [6.45, 7) is 2.58. The largest absolute Gasteiger partial charge is 0.469 e. The van der Waals surface area contributed by atoms with E-state index in [-0.39, 0.29) is 5.91 Å². The molecule has 0 aliphatic carbocycles.